The second-order valence-corrected chi connectivity index (χ2v) is 5.97. The van der Waals surface area contributed by atoms with E-state index < -0.39 is 6.04 Å². The number of amides is 1. The summed E-state index contributed by atoms with van der Waals surface area (Å²) >= 11 is 0. The van der Waals surface area contributed by atoms with Gasteiger partial charge in [0.25, 0.3) is 0 Å². The fraction of sp³-hybridized carbons (Fsp3) is 0.471. The average molecular weight is 417 g/mol. The van der Waals surface area contributed by atoms with E-state index in [2.05, 4.69) is 25.6 Å². The van der Waals surface area contributed by atoms with Crippen molar-refractivity contribution in [1.29, 1.82) is 0 Å². The quantitative estimate of drug-likeness (QED) is 0.732. The second-order valence-electron chi connectivity index (χ2n) is 5.97. The molecule has 3 rings (SSSR count). The Kier molecular flexibility index (Phi) is 9.51. The molecule has 1 fully saturated rings. The molecule has 1 aliphatic heterocycles. The molecule has 0 aromatic carbocycles. The summed E-state index contributed by atoms with van der Waals surface area (Å²) in [6.45, 7) is 3.45. The minimum absolute atomic E-state index is 0. The highest BCUT2D eigenvalue weighted by atomic mass is 35.5. The van der Waals surface area contributed by atoms with Crippen LogP contribution in [0.1, 0.15) is 17.2 Å². The standard InChI is InChI=1S/C17H24N6O2.2ClH/c1-18-15(14-11-21-22(2)12-14)17(24)20-10-13-4-3-5-19-16(13)23-6-8-25-9-7-23;;/h3-5,11-12,15,18H,6-10H2,1-2H3,(H,20,24);2*1H. The number of aromatic nitrogens is 3. The molecular weight excluding hydrogens is 391 g/mol. The smallest absolute Gasteiger partial charge is 0.242 e. The molecule has 2 N–H and O–H groups in total. The summed E-state index contributed by atoms with van der Waals surface area (Å²) in [6.07, 6.45) is 5.32. The van der Waals surface area contributed by atoms with Crippen molar-refractivity contribution in [3.05, 3.63) is 41.9 Å². The third kappa shape index (κ3) is 5.80. The second kappa shape index (κ2) is 11.1. The normalized spacial score (nSPS) is 14.7. The number of rotatable bonds is 6. The van der Waals surface area contributed by atoms with Gasteiger partial charge in [-0.05, 0) is 13.1 Å². The Morgan fingerprint density at radius 1 is 1.33 bits per heavy atom. The number of anilines is 1. The Hall–Kier alpha value is -1.87. The predicted molar refractivity (Wildman–Crippen MR) is 109 cm³/mol. The van der Waals surface area contributed by atoms with Gasteiger partial charge in [0, 0.05) is 50.2 Å². The van der Waals surface area contributed by atoms with Crippen LogP contribution in [0.4, 0.5) is 5.82 Å². The largest absolute Gasteiger partial charge is 0.378 e. The fourth-order valence-corrected chi connectivity index (χ4v) is 2.95. The summed E-state index contributed by atoms with van der Waals surface area (Å²) in [6, 6.07) is 3.45. The minimum atomic E-state index is -0.433. The van der Waals surface area contributed by atoms with Crippen molar-refractivity contribution < 1.29 is 9.53 Å². The Balaban J connectivity index is 0.00000182. The van der Waals surface area contributed by atoms with Gasteiger partial charge in [0.2, 0.25) is 5.91 Å². The van der Waals surface area contributed by atoms with Crippen LogP contribution in [0.3, 0.4) is 0 Å². The summed E-state index contributed by atoms with van der Waals surface area (Å²) in [5.41, 5.74) is 1.83. The summed E-state index contributed by atoms with van der Waals surface area (Å²) in [4.78, 5) is 19.3. The van der Waals surface area contributed by atoms with Crippen LogP contribution < -0.4 is 15.5 Å². The van der Waals surface area contributed by atoms with Crippen LogP contribution in [0.25, 0.3) is 0 Å². The van der Waals surface area contributed by atoms with Gasteiger partial charge in [0.05, 0.1) is 19.4 Å². The molecule has 1 unspecified atom stereocenters. The Bertz CT molecular complexity index is 721. The van der Waals surface area contributed by atoms with Crippen LogP contribution in [-0.2, 0) is 23.1 Å². The maximum Gasteiger partial charge on any atom is 0.242 e. The number of halogens is 2. The maximum absolute atomic E-state index is 12.6. The molecular formula is C17H26Cl2N6O2. The van der Waals surface area contributed by atoms with Gasteiger partial charge < -0.3 is 20.3 Å². The van der Waals surface area contributed by atoms with E-state index in [0.29, 0.717) is 19.8 Å². The van der Waals surface area contributed by atoms with Crippen LogP contribution in [-0.4, -0.2) is 54.0 Å². The Labute approximate surface area is 171 Å². The van der Waals surface area contributed by atoms with Crippen molar-refractivity contribution in [2.24, 2.45) is 7.05 Å². The Morgan fingerprint density at radius 3 is 2.70 bits per heavy atom. The van der Waals surface area contributed by atoms with E-state index in [4.69, 9.17) is 4.74 Å². The van der Waals surface area contributed by atoms with Crippen molar-refractivity contribution in [2.45, 2.75) is 12.6 Å². The molecule has 3 heterocycles. The number of hydrogen-bond acceptors (Lipinski definition) is 6. The van der Waals surface area contributed by atoms with Gasteiger partial charge in [-0.2, -0.15) is 5.10 Å². The molecule has 150 valence electrons. The van der Waals surface area contributed by atoms with Crippen molar-refractivity contribution in [3.63, 3.8) is 0 Å². The monoisotopic (exact) mass is 416 g/mol. The molecule has 2 aromatic rings. The van der Waals surface area contributed by atoms with Gasteiger partial charge in [-0.25, -0.2) is 4.98 Å². The third-order valence-electron chi connectivity index (χ3n) is 4.24. The van der Waals surface area contributed by atoms with E-state index in [9.17, 15) is 4.79 Å². The maximum atomic E-state index is 12.6. The highest BCUT2D eigenvalue weighted by Crippen LogP contribution is 2.19. The zero-order valence-corrected chi connectivity index (χ0v) is 17.1. The van der Waals surface area contributed by atoms with Crippen molar-refractivity contribution in [1.82, 2.24) is 25.4 Å². The summed E-state index contributed by atoms with van der Waals surface area (Å²) in [5.74, 6) is 0.820. The molecule has 2 aromatic heterocycles. The SMILES string of the molecule is CNC(C(=O)NCc1cccnc1N1CCOCC1)c1cnn(C)c1.Cl.Cl. The van der Waals surface area contributed by atoms with Crippen molar-refractivity contribution in [2.75, 3.05) is 38.3 Å². The lowest BCUT2D eigenvalue weighted by Crippen LogP contribution is -2.39. The lowest BCUT2D eigenvalue weighted by atomic mass is 10.1. The number of nitrogens with one attached hydrogen (secondary N) is 2. The fourth-order valence-electron chi connectivity index (χ4n) is 2.95. The van der Waals surface area contributed by atoms with Gasteiger partial charge in [-0.15, -0.1) is 24.8 Å². The number of morpholine rings is 1. The molecule has 27 heavy (non-hydrogen) atoms. The summed E-state index contributed by atoms with van der Waals surface area (Å²) in [5, 5.41) is 10.2. The number of aryl methyl sites for hydroxylation is 1. The number of hydrogen-bond donors (Lipinski definition) is 2. The molecule has 0 aliphatic carbocycles. The number of ether oxygens (including phenoxy) is 1. The van der Waals surface area contributed by atoms with Gasteiger partial charge >= 0.3 is 0 Å². The summed E-state index contributed by atoms with van der Waals surface area (Å²) < 4.78 is 7.09. The van der Waals surface area contributed by atoms with Gasteiger partial charge in [0.1, 0.15) is 11.9 Å². The van der Waals surface area contributed by atoms with Gasteiger partial charge in [-0.1, -0.05) is 6.07 Å². The van der Waals surface area contributed by atoms with E-state index >= 15 is 0 Å². The number of pyridine rings is 1. The minimum Gasteiger partial charge on any atom is -0.378 e. The molecule has 0 bridgehead atoms. The molecule has 10 heteroatoms. The van der Waals surface area contributed by atoms with Crippen LogP contribution >= 0.6 is 24.8 Å². The molecule has 1 amide bonds. The first-order valence-electron chi connectivity index (χ1n) is 8.39. The van der Waals surface area contributed by atoms with Crippen molar-refractivity contribution in [3.8, 4) is 0 Å². The van der Waals surface area contributed by atoms with E-state index in [1.807, 2.05) is 25.4 Å². The molecule has 0 radical (unpaired) electrons. The zero-order chi connectivity index (χ0) is 17.6. The zero-order valence-electron chi connectivity index (χ0n) is 15.4. The molecule has 0 spiro atoms. The van der Waals surface area contributed by atoms with Gasteiger partial charge in [0.15, 0.2) is 0 Å². The van der Waals surface area contributed by atoms with Crippen LogP contribution in [0.5, 0.6) is 0 Å². The number of nitrogens with zero attached hydrogens (tertiary/aromatic N) is 4. The highest BCUT2D eigenvalue weighted by molar-refractivity contribution is 5.85. The predicted octanol–water partition coefficient (Wildman–Crippen LogP) is 1.07. The molecule has 1 atom stereocenters. The van der Waals surface area contributed by atoms with Crippen LogP contribution in [0.2, 0.25) is 0 Å². The van der Waals surface area contributed by atoms with Gasteiger partial charge in [-0.3, -0.25) is 9.48 Å². The molecule has 1 saturated heterocycles. The first-order chi connectivity index (χ1) is 12.2. The molecule has 0 saturated carbocycles. The van der Waals surface area contributed by atoms with Crippen LogP contribution in [0, 0.1) is 0 Å². The van der Waals surface area contributed by atoms with Crippen LogP contribution in [0.15, 0.2) is 30.7 Å². The Morgan fingerprint density at radius 2 is 2.07 bits per heavy atom. The third-order valence-corrected chi connectivity index (χ3v) is 4.24. The van der Waals surface area contributed by atoms with E-state index in [1.54, 1.807) is 24.1 Å². The molecule has 1 aliphatic rings. The first-order valence-corrected chi connectivity index (χ1v) is 8.39. The topological polar surface area (TPSA) is 84.3 Å². The van der Waals surface area contributed by atoms with E-state index in [0.717, 1.165) is 30.0 Å². The number of likely N-dealkylation sites (N-methyl/N-ethyl adjacent to an activating group) is 1. The average Bonchev–Trinajstić information content (AvgIpc) is 3.07. The van der Waals surface area contributed by atoms with Crippen molar-refractivity contribution >= 4 is 36.5 Å². The number of carbonyl (C=O) groups excluding carboxylic acids is 1. The van der Waals surface area contributed by atoms with E-state index in [1.165, 1.54) is 0 Å². The number of carbonyl (C=O) groups is 1. The lowest BCUT2D eigenvalue weighted by molar-refractivity contribution is -0.123. The van der Waals surface area contributed by atoms with E-state index in [-0.39, 0.29) is 30.7 Å². The highest BCUT2D eigenvalue weighted by Gasteiger charge is 2.21. The molecule has 8 nitrogen and oxygen atoms in total. The first kappa shape index (κ1) is 23.2. The summed E-state index contributed by atoms with van der Waals surface area (Å²) in [7, 11) is 3.60. The lowest BCUT2D eigenvalue weighted by Gasteiger charge is -2.29.